The molecular weight excluding hydrogens is 452 g/mol. The first kappa shape index (κ1) is 23.2. The van der Waals surface area contributed by atoms with Crippen molar-refractivity contribution in [2.45, 2.75) is 17.7 Å². The Kier molecular flexibility index (Phi) is 6.47. The lowest BCUT2D eigenvalue weighted by molar-refractivity contribution is -0.117. The van der Waals surface area contributed by atoms with Gasteiger partial charge in [-0.15, -0.1) is 0 Å². The van der Waals surface area contributed by atoms with Crippen molar-refractivity contribution in [2.24, 2.45) is 7.05 Å². The van der Waals surface area contributed by atoms with E-state index >= 15 is 0 Å². The van der Waals surface area contributed by atoms with E-state index in [4.69, 9.17) is 10.5 Å². The number of pyridine rings is 1. The van der Waals surface area contributed by atoms with Crippen LogP contribution in [0.1, 0.15) is 11.1 Å². The molecule has 0 fully saturated rings. The van der Waals surface area contributed by atoms with Crippen LogP contribution in [-0.4, -0.2) is 35.2 Å². The van der Waals surface area contributed by atoms with Crippen LogP contribution in [-0.2, 0) is 34.5 Å². The van der Waals surface area contributed by atoms with Gasteiger partial charge >= 0.3 is 0 Å². The lowest BCUT2D eigenvalue weighted by atomic mass is 10.0. The summed E-state index contributed by atoms with van der Waals surface area (Å²) in [5, 5.41) is 4.17. The van der Waals surface area contributed by atoms with Crippen molar-refractivity contribution >= 4 is 21.4 Å². The third-order valence-electron chi connectivity index (χ3n) is 5.20. The van der Waals surface area contributed by atoms with Crippen molar-refractivity contribution in [1.29, 1.82) is 0 Å². The maximum atomic E-state index is 12.6. The minimum Gasteiger partial charge on any atom is -0.453 e. The predicted octanol–water partition coefficient (Wildman–Crippen LogP) is 3.61. The van der Waals surface area contributed by atoms with Crippen LogP contribution in [0.2, 0.25) is 0 Å². The second kappa shape index (κ2) is 9.48. The number of anilines is 1. The van der Waals surface area contributed by atoms with Gasteiger partial charge in [0.15, 0.2) is 21.4 Å². The maximum absolute atomic E-state index is 12.6. The third kappa shape index (κ3) is 5.68. The molecule has 4 aromatic rings. The Morgan fingerprint density at radius 2 is 1.74 bits per heavy atom. The summed E-state index contributed by atoms with van der Waals surface area (Å²) >= 11 is 0. The standard InChI is InChI=1S/C25H24N4O4S/c1-29-16-20(15-28-29)19-13-24(25(26)27-14-19)33-22-5-3-4-18(12-22)11-21(30)10-17-6-8-23(9-7-17)34(2,31)32/h3-9,12-16H,10-11H2,1-2H3,(H2,26,27). The van der Waals surface area contributed by atoms with Gasteiger partial charge in [0.05, 0.1) is 11.1 Å². The van der Waals surface area contributed by atoms with Crippen molar-refractivity contribution in [2.75, 3.05) is 12.0 Å². The number of nitrogens with two attached hydrogens (primary N) is 1. The smallest absolute Gasteiger partial charge is 0.175 e. The van der Waals surface area contributed by atoms with Gasteiger partial charge in [0, 0.05) is 49.7 Å². The van der Waals surface area contributed by atoms with Crippen LogP contribution >= 0.6 is 0 Å². The number of carbonyl (C=O) groups excluding carboxylic acids is 1. The Balaban J connectivity index is 1.45. The second-order valence-electron chi connectivity index (χ2n) is 8.07. The van der Waals surface area contributed by atoms with E-state index < -0.39 is 9.84 Å². The summed E-state index contributed by atoms with van der Waals surface area (Å²) in [6, 6.07) is 15.4. The monoisotopic (exact) mass is 476 g/mol. The van der Waals surface area contributed by atoms with Crippen LogP contribution in [0.4, 0.5) is 5.82 Å². The van der Waals surface area contributed by atoms with Crippen molar-refractivity contribution < 1.29 is 17.9 Å². The number of ether oxygens (including phenoxy) is 1. The topological polar surface area (TPSA) is 117 Å². The molecule has 0 saturated heterocycles. The molecule has 0 spiro atoms. The SMILES string of the molecule is Cn1cc(-c2cnc(N)c(Oc3cccc(CC(=O)Cc4ccc(S(C)(=O)=O)cc4)c3)c2)cn1. The Labute approximate surface area is 197 Å². The number of nitrogens with zero attached hydrogens (tertiary/aromatic N) is 3. The zero-order valence-corrected chi connectivity index (χ0v) is 19.6. The Morgan fingerprint density at radius 1 is 1.00 bits per heavy atom. The Bertz CT molecular complexity index is 1440. The number of hydrogen-bond donors (Lipinski definition) is 1. The van der Waals surface area contributed by atoms with Gasteiger partial charge in [-0.1, -0.05) is 24.3 Å². The van der Waals surface area contributed by atoms with E-state index in [1.165, 1.54) is 12.1 Å². The summed E-state index contributed by atoms with van der Waals surface area (Å²) in [4.78, 5) is 17.0. The van der Waals surface area contributed by atoms with E-state index in [2.05, 4.69) is 10.1 Å². The molecule has 0 amide bonds. The fourth-order valence-electron chi connectivity index (χ4n) is 3.48. The van der Waals surface area contributed by atoms with Gasteiger partial charge < -0.3 is 10.5 Å². The first-order chi connectivity index (χ1) is 16.2. The molecule has 2 aromatic heterocycles. The van der Waals surface area contributed by atoms with Crippen LogP contribution in [0.3, 0.4) is 0 Å². The number of Topliss-reactive ketones (excluding diaryl/α,β-unsaturated/α-hetero) is 1. The molecule has 2 heterocycles. The van der Waals surface area contributed by atoms with Crippen LogP contribution in [0.15, 0.2) is 78.1 Å². The summed E-state index contributed by atoms with van der Waals surface area (Å²) in [6.07, 6.45) is 6.85. The fourth-order valence-corrected chi connectivity index (χ4v) is 4.11. The summed E-state index contributed by atoms with van der Waals surface area (Å²) in [5.74, 6) is 1.21. The van der Waals surface area contributed by atoms with E-state index in [9.17, 15) is 13.2 Å². The second-order valence-corrected chi connectivity index (χ2v) is 10.1. The fraction of sp³-hybridized carbons (Fsp3) is 0.160. The molecule has 0 unspecified atom stereocenters. The van der Waals surface area contributed by atoms with E-state index in [0.29, 0.717) is 11.5 Å². The van der Waals surface area contributed by atoms with Gasteiger partial charge in [-0.3, -0.25) is 9.48 Å². The molecule has 4 rings (SSSR count). The highest BCUT2D eigenvalue weighted by Gasteiger charge is 2.12. The molecule has 34 heavy (non-hydrogen) atoms. The van der Waals surface area contributed by atoms with Crippen molar-refractivity contribution in [3.8, 4) is 22.6 Å². The van der Waals surface area contributed by atoms with E-state index in [0.717, 1.165) is 28.5 Å². The number of carbonyl (C=O) groups is 1. The molecule has 2 N–H and O–H groups in total. The van der Waals surface area contributed by atoms with Gasteiger partial charge in [0.1, 0.15) is 11.5 Å². The highest BCUT2D eigenvalue weighted by Crippen LogP contribution is 2.31. The summed E-state index contributed by atoms with van der Waals surface area (Å²) in [7, 11) is -1.43. The minimum atomic E-state index is -3.26. The molecule has 0 aliphatic carbocycles. The Hall–Kier alpha value is -3.98. The molecule has 0 saturated carbocycles. The zero-order valence-electron chi connectivity index (χ0n) is 18.8. The number of sulfone groups is 1. The number of aromatic nitrogens is 3. The highest BCUT2D eigenvalue weighted by atomic mass is 32.2. The van der Waals surface area contributed by atoms with Gasteiger partial charge in [-0.05, 0) is 41.5 Å². The van der Waals surface area contributed by atoms with Crippen molar-refractivity contribution in [3.63, 3.8) is 0 Å². The van der Waals surface area contributed by atoms with E-state index in [1.807, 2.05) is 25.4 Å². The number of hydrogen-bond acceptors (Lipinski definition) is 7. The average molecular weight is 477 g/mol. The lowest BCUT2D eigenvalue weighted by Crippen LogP contribution is -2.07. The normalized spacial score (nSPS) is 11.4. The largest absolute Gasteiger partial charge is 0.453 e. The molecule has 2 aromatic carbocycles. The van der Waals surface area contributed by atoms with Gasteiger partial charge in [-0.2, -0.15) is 5.10 Å². The first-order valence-corrected chi connectivity index (χ1v) is 12.4. The molecule has 0 aliphatic heterocycles. The summed E-state index contributed by atoms with van der Waals surface area (Å²) in [6.45, 7) is 0. The number of benzene rings is 2. The molecule has 0 atom stereocenters. The van der Waals surface area contributed by atoms with Crippen LogP contribution in [0, 0.1) is 0 Å². The number of aryl methyl sites for hydroxylation is 1. The Morgan fingerprint density at radius 3 is 2.41 bits per heavy atom. The predicted molar refractivity (Wildman–Crippen MR) is 129 cm³/mol. The van der Waals surface area contributed by atoms with E-state index in [1.54, 1.807) is 47.4 Å². The first-order valence-electron chi connectivity index (χ1n) is 10.5. The van der Waals surface area contributed by atoms with Gasteiger partial charge in [-0.25, -0.2) is 13.4 Å². The maximum Gasteiger partial charge on any atom is 0.175 e. The number of ketones is 1. The van der Waals surface area contributed by atoms with Crippen LogP contribution in [0.25, 0.3) is 11.1 Å². The van der Waals surface area contributed by atoms with Gasteiger partial charge in [0.25, 0.3) is 0 Å². The molecule has 0 bridgehead atoms. The lowest BCUT2D eigenvalue weighted by Gasteiger charge is -2.10. The average Bonchev–Trinajstić information content (AvgIpc) is 3.21. The third-order valence-corrected chi connectivity index (χ3v) is 6.33. The molecule has 0 radical (unpaired) electrons. The molecule has 0 aliphatic rings. The number of rotatable bonds is 8. The van der Waals surface area contributed by atoms with Crippen molar-refractivity contribution in [3.05, 3.63) is 84.3 Å². The summed E-state index contributed by atoms with van der Waals surface area (Å²) < 4.78 is 30.9. The zero-order chi connectivity index (χ0) is 24.3. The molecule has 8 nitrogen and oxygen atoms in total. The quantitative estimate of drug-likeness (QED) is 0.413. The molecular formula is C25H24N4O4S. The highest BCUT2D eigenvalue weighted by molar-refractivity contribution is 7.90. The molecule has 174 valence electrons. The van der Waals surface area contributed by atoms with E-state index in [-0.39, 0.29) is 29.3 Å². The van der Waals surface area contributed by atoms with Crippen LogP contribution in [0.5, 0.6) is 11.5 Å². The van der Waals surface area contributed by atoms with Crippen LogP contribution < -0.4 is 10.5 Å². The number of nitrogen functional groups attached to an aromatic ring is 1. The van der Waals surface area contributed by atoms with Gasteiger partial charge in [0.2, 0.25) is 0 Å². The summed E-state index contributed by atoms with van der Waals surface area (Å²) in [5.41, 5.74) is 9.29. The molecule has 9 heteroatoms. The van der Waals surface area contributed by atoms with Crippen molar-refractivity contribution in [1.82, 2.24) is 14.8 Å². The minimum absolute atomic E-state index is 0.00371.